The molecule has 1 aromatic rings. The molecule has 0 aliphatic carbocycles. The zero-order valence-corrected chi connectivity index (χ0v) is 11.4. The Labute approximate surface area is 116 Å². The quantitative estimate of drug-likeness (QED) is 0.873. The minimum Gasteiger partial charge on any atom is -0.355 e. The second kappa shape index (κ2) is 5.51. The summed E-state index contributed by atoms with van der Waals surface area (Å²) in [6.45, 7) is 0.767. The van der Waals surface area contributed by atoms with E-state index in [2.05, 4.69) is 10.6 Å². The van der Waals surface area contributed by atoms with Crippen LogP contribution in [0.2, 0.25) is 0 Å². The minimum atomic E-state index is -0.207. The van der Waals surface area contributed by atoms with Crippen molar-refractivity contribution >= 4 is 17.7 Å². The first-order valence-electron chi connectivity index (χ1n) is 6.70. The molecule has 1 aromatic carbocycles. The van der Waals surface area contributed by atoms with Gasteiger partial charge in [0, 0.05) is 17.5 Å². The van der Waals surface area contributed by atoms with Gasteiger partial charge in [0.2, 0.25) is 5.91 Å². The molecule has 2 atom stereocenters. The van der Waals surface area contributed by atoms with Crippen molar-refractivity contribution in [3.63, 3.8) is 0 Å². The summed E-state index contributed by atoms with van der Waals surface area (Å²) < 4.78 is 13.4. The molecule has 5 heteroatoms. The highest BCUT2D eigenvalue weighted by atomic mass is 32.2. The van der Waals surface area contributed by atoms with Gasteiger partial charge in [0.05, 0.1) is 6.04 Å². The Hall–Kier alpha value is -1.07. The molecule has 102 valence electrons. The number of piperidine rings is 1. The summed E-state index contributed by atoms with van der Waals surface area (Å²) in [4.78, 5) is 12.9. The van der Waals surface area contributed by atoms with Crippen LogP contribution in [0, 0.1) is 5.82 Å². The first-order chi connectivity index (χ1) is 9.24. The van der Waals surface area contributed by atoms with Crippen LogP contribution in [0.25, 0.3) is 0 Å². The van der Waals surface area contributed by atoms with Crippen LogP contribution in [0.3, 0.4) is 0 Å². The fraction of sp³-hybridized carbons (Fsp3) is 0.500. The number of nitrogens with one attached hydrogen (secondary N) is 2. The molecule has 3 rings (SSSR count). The van der Waals surface area contributed by atoms with Crippen molar-refractivity contribution in [2.45, 2.75) is 36.2 Å². The molecule has 19 heavy (non-hydrogen) atoms. The van der Waals surface area contributed by atoms with Crippen LogP contribution in [0.5, 0.6) is 0 Å². The van der Waals surface area contributed by atoms with Gasteiger partial charge >= 0.3 is 0 Å². The van der Waals surface area contributed by atoms with Crippen molar-refractivity contribution < 1.29 is 9.18 Å². The van der Waals surface area contributed by atoms with Gasteiger partial charge in [-0.1, -0.05) is 0 Å². The van der Waals surface area contributed by atoms with E-state index in [9.17, 15) is 9.18 Å². The maximum absolute atomic E-state index is 13.4. The number of carbonyl (C=O) groups is 1. The number of rotatable bonds is 2. The summed E-state index contributed by atoms with van der Waals surface area (Å²) in [7, 11) is 0. The first kappa shape index (κ1) is 12.9. The second-order valence-electron chi connectivity index (χ2n) is 5.02. The molecule has 0 radical (unpaired) electrons. The number of hydrogen-bond donors (Lipinski definition) is 2. The highest BCUT2D eigenvalue weighted by Gasteiger charge is 2.28. The highest BCUT2D eigenvalue weighted by molar-refractivity contribution is 7.99. The number of halogens is 1. The van der Waals surface area contributed by atoms with Gasteiger partial charge in [-0.2, -0.15) is 0 Å². The number of benzene rings is 1. The summed E-state index contributed by atoms with van der Waals surface area (Å²) in [5, 5.41) is 6.28. The van der Waals surface area contributed by atoms with Crippen LogP contribution in [-0.2, 0) is 4.79 Å². The molecule has 3 nitrogen and oxygen atoms in total. The molecule has 1 amide bonds. The molecule has 2 heterocycles. The van der Waals surface area contributed by atoms with E-state index in [0.717, 1.165) is 42.0 Å². The van der Waals surface area contributed by atoms with Gasteiger partial charge in [-0.3, -0.25) is 10.1 Å². The highest BCUT2D eigenvalue weighted by Crippen LogP contribution is 2.36. The summed E-state index contributed by atoms with van der Waals surface area (Å²) in [5.41, 5.74) is 0.995. The molecule has 2 N–H and O–H groups in total. The average Bonchev–Trinajstić information content (AvgIpc) is 2.42. The Bertz CT molecular complexity index is 494. The van der Waals surface area contributed by atoms with Crippen molar-refractivity contribution in [3.8, 4) is 0 Å². The molecule has 2 aliphatic rings. The molecular weight excluding hydrogens is 263 g/mol. The number of amides is 1. The minimum absolute atomic E-state index is 0.0717. The van der Waals surface area contributed by atoms with E-state index in [1.54, 1.807) is 17.8 Å². The van der Waals surface area contributed by atoms with E-state index < -0.39 is 0 Å². The van der Waals surface area contributed by atoms with E-state index >= 15 is 0 Å². The largest absolute Gasteiger partial charge is 0.355 e. The standard InChI is InChI=1S/C14H17FN2OS/c15-9-3-4-13-10(8-9)11(5-7-19-13)17-12-2-1-6-16-14(12)18/h3-4,8,11-12,17H,1-2,5-7H2,(H,16,18). The van der Waals surface area contributed by atoms with Crippen LogP contribution in [0.1, 0.15) is 30.9 Å². The summed E-state index contributed by atoms with van der Waals surface area (Å²) in [5.74, 6) is 0.869. The van der Waals surface area contributed by atoms with Crippen molar-refractivity contribution in [3.05, 3.63) is 29.6 Å². The predicted molar refractivity (Wildman–Crippen MR) is 73.6 cm³/mol. The number of fused-ring (bicyclic) bond motifs is 1. The smallest absolute Gasteiger partial charge is 0.237 e. The van der Waals surface area contributed by atoms with E-state index in [-0.39, 0.29) is 23.8 Å². The normalized spacial score (nSPS) is 26.7. The van der Waals surface area contributed by atoms with Crippen molar-refractivity contribution in [1.82, 2.24) is 10.6 Å². The lowest BCUT2D eigenvalue weighted by Crippen LogP contribution is -2.49. The lowest BCUT2D eigenvalue weighted by atomic mass is 9.99. The Morgan fingerprint density at radius 1 is 1.32 bits per heavy atom. The summed E-state index contributed by atoms with van der Waals surface area (Å²) in [6, 6.07) is 4.88. The van der Waals surface area contributed by atoms with Crippen molar-refractivity contribution in [2.24, 2.45) is 0 Å². The lowest BCUT2D eigenvalue weighted by molar-refractivity contribution is -0.124. The summed E-state index contributed by atoms with van der Waals surface area (Å²) in [6.07, 6.45) is 2.80. The lowest BCUT2D eigenvalue weighted by Gasteiger charge is -2.31. The third-order valence-corrected chi connectivity index (χ3v) is 4.82. The van der Waals surface area contributed by atoms with Crippen LogP contribution < -0.4 is 10.6 Å². The van der Waals surface area contributed by atoms with Crippen LogP contribution in [-0.4, -0.2) is 24.2 Å². The van der Waals surface area contributed by atoms with E-state index in [4.69, 9.17) is 0 Å². The molecule has 0 spiro atoms. The van der Waals surface area contributed by atoms with Gasteiger partial charge in [-0.05, 0) is 48.8 Å². The van der Waals surface area contributed by atoms with Gasteiger partial charge in [0.25, 0.3) is 0 Å². The predicted octanol–water partition coefficient (Wildman–Crippen LogP) is 2.23. The SMILES string of the molecule is O=C1NCCCC1NC1CCSc2ccc(F)cc21. The van der Waals surface area contributed by atoms with Gasteiger partial charge in [0.1, 0.15) is 5.82 Å². The van der Waals surface area contributed by atoms with Crippen LogP contribution in [0.15, 0.2) is 23.1 Å². The molecule has 2 unspecified atom stereocenters. The molecule has 0 aromatic heterocycles. The molecule has 0 bridgehead atoms. The first-order valence-corrected chi connectivity index (χ1v) is 7.68. The van der Waals surface area contributed by atoms with E-state index in [1.165, 1.54) is 6.07 Å². The van der Waals surface area contributed by atoms with Gasteiger partial charge < -0.3 is 5.32 Å². The third kappa shape index (κ3) is 2.77. The fourth-order valence-electron chi connectivity index (χ4n) is 2.71. The van der Waals surface area contributed by atoms with Gasteiger partial charge in [0.15, 0.2) is 0 Å². The zero-order valence-electron chi connectivity index (χ0n) is 10.6. The Morgan fingerprint density at radius 3 is 3.05 bits per heavy atom. The zero-order chi connectivity index (χ0) is 13.2. The van der Waals surface area contributed by atoms with E-state index in [1.807, 2.05) is 6.07 Å². The van der Waals surface area contributed by atoms with Crippen molar-refractivity contribution in [1.29, 1.82) is 0 Å². The fourth-order valence-corrected chi connectivity index (χ4v) is 3.82. The summed E-state index contributed by atoms with van der Waals surface area (Å²) >= 11 is 1.76. The van der Waals surface area contributed by atoms with Crippen LogP contribution in [0.4, 0.5) is 4.39 Å². The number of carbonyl (C=O) groups excluding carboxylic acids is 1. The molecule has 1 fully saturated rings. The van der Waals surface area contributed by atoms with Gasteiger partial charge in [-0.15, -0.1) is 11.8 Å². The van der Waals surface area contributed by atoms with Gasteiger partial charge in [-0.25, -0.2) is 4.39 Å². The number of hydrogen-bond acceptors (Lipinski definition) is 3. The third-order valence-electron chi connectivity index (χ3n) is 3.70. The monoisotopic (exact) mass is 280 g/mol. The second-order valence-corrected chi connectivity index (χ2v) is 6.16. The van der Waals surface area contributed by atoms with Crippen LogP contribution >= 0.6 is 11.8 Å². The average molecular weight is 280 g/mol. The Morgan fingerprint density at radius 2 is 2.21 bits per heavy atom. The van der Waals surface area contributed by atoms with Crippen molar-refractivity contribution in [2.75, 3.05) is 12.3 Å². The number of thioether (sulfide) groups is 1. The molecule has 0 saturated carbocycles. The van der Waals surface area contributed by atoms with E-state index in [0.29, 0.717) is 0 Å². The maximum Gasteiger partial charge on any atom is 0.237 e. The molecule has 1 saturated heterocycles. The topological polar surface area (TPSA) is 41.1 Å². The molecule has 2 aliphatic heterocycles. The molecular formula is C14H17FN2OS. The maximum atomic E-state index is 13.4. The Balaban J connectivity index is 1.79. The Kier molecular flexibility index (Phi) is 3.75.